The van der Waals surface area contributed by atoms with E-state index in [1.807, 2.05) is 0 Å². The van der Waals surface area contributed by atoms with Gasteiger partial charge >= 0.3 is 6.18 Å². The van der Waals surface area contributed by atoms with E-state index in [1.54, 1.807) is 18.2 Å². The Hall–Kier alpha value is -0.160. The molecule has 0 fully saturated rings. The molecule has 0 saturated heterocycles. The third-order valence-electron chi connectivity index (χ3n) is 2.25. The van der Waals surface area contributed by atoms with Crippen molar-refractivity contribution in [3.63, 3.8) is 0 Å². The van der Waals surface area contributed by atoms with Gasteiger partial charge < -0.3 is 0 Å². The highest BCUT2D eigenvalue weighted by Crippen LogP contribution is 2.27. The van der Waals surface area contributed by atoms with Crippen LogP contribution < -0.4 is 0 Å². The molecule has 1 aromatic carbocycles. The molecule has 0 aromatic heterocycles. The predicted octanol–water partition coefficient (Wildman–Crippen LogP) is 4.60. The predicted molar refractivity (Wildman–Crippen MR) is 68.5 cm³/mol. The number of hydrogen-bond donors (Lipinski definition) is 0. The summed E-state index contributed by atoms with van der Waals surface area (Å²) in [6, 6.07) is 4.83. The van der Waals surface area contributed by atoms with Crippen LogP contribution in [0.4, 0.5) is 13.2 Å². The Balaban J connectivity index is 2.83. The van der Waals surface area contributed by atoms with Crippen LogP contribution in [-0.4, -0.2) is 30.0 Å². The number of benzene rings is 1. The lowest BCUT2D eigenvalue weighted by atomic mass is 10.2. The standard InChI is InChI=1S/C11H11Cl3F3N/c12-4-5-18(7-11(15,16)17)6-8-9(13)2-1-3-10(8)14/h1-3H,4-7H2. The Labute approximate surface area is 118 Å². The molecule has 0 saturated carbocycles. The Bertz CT molecular complexity index is 375. The molecule has 0 aliphatic rings. The molecule has 7 heteroatoms. The Morgan fingerprint density at radius 1 is 1.11 bits per heavy atom. The molecule has 0 atom stereocenters. The molecule has 0 amide bonds. The first-order valence-electron chi connectivity index (χ1n) is 5.11. The Kier molecular flexibility index (Phi) is 6.05. The second-order valence-corrected chi connectivity index (χ2v) is 4.91. The number of rotatable bonds is 5. The minimum atomic E-state index is -4.28. The molecular weight excluding hydrogens is 309 g/mol. The van der Waals surface area contributed by atoms with Crippen molar-refractivity contribution < 1.29 is 13.2 Å². The highest BCUT2D eigenvalue weighted by molar-refractivity contribution is 6.35. The highest BCUT2D eigenvalue weighted by Gasteiger charge is 2.30. The van der Waals surface area contributed by atoms with E-state index in [4.69, 9.17) is 34.8 Å². The van der Waals surface area contributed by atoms with Crippen LogP contribution in [0.25, 0.3) is 0 Å². The van der Waals surface area contributed by atoms with Crippen LogP contribution in [0.15, 0.2) is 18.2 Å². The molecule has 0 unspecified atom stereocenters. The van der Waals surface area contributed by atoms with Crippen molar-refractivity contribution in [3.05, 3.63) is 33.8 Å². The van der Waals surface area contributed by atoms with Crippen LogP contribution in [-0.2, 0) is 6.54 Å². The van der Waals surface area contributed by atoms with Gasteiger partial charge in [0.25, 0.3) is 0 Å². The first-order chi connectivity index (χ1) is 8.33. The lowest BCUT2D eigenvalue weighted by molar-refractivity contribution is -0.146. The molecule has 0 bridgehead atoms. The SMILES string of the molecule is FC(F)(F)CN(CCCl)Cc1c(Cl)cccc1Cl. The van der Waals surface area contributed by atoms with Crippen molar-refractivity contribution in [1.29, 1.82) is 0 Å². The van der Waals surface area contributed by atoms with E-state index in [0.717, 1.165) is 0 Å². The summed E-state index contributed by atoms with van der Waals surface area (Å²) in [4.78, 5) is 1.17. The van der Waals surface area contributed by atoms with Gasteiger partial charge in [-0.2, -0.15) is 13.2 Å². The van der Waals surface area contributed by atoms with Gasteiger partial charge in [-0.25, -0.2) is 0 Å². The number of halogens is 6. The maximum atomic E-state index is 12.4. The van der Waals surface area contributed by atoms with Crippen molar-refractivity contribution in [2.24, 2.45) is 0 Å². The van der Waals surface area contributed by atoms with Crippen molar-refractivity contribution in [3.8, 4) is 0 Å². The van der Waals surface area contributed by atoms with E-state index in [9.17, 15) is 13.2 Å². The minimum absolute atomic E-state index is 0.0186. The maximum Gasteiger partial charge on any atom is 0.401 e. The lowest BCUT2D eigenvalue weighted by Crippen LogP contribution is -2.35. The number of nitrogens with zero attached hydrogens (tertiary/aromatic N) is 1. The van der Waals surface area contributed by atoms with Crippen LogP contribution in [0, 0.1) is 0 Å². The van der Waals surface area contributed by atoms with Crippen molar-refractivity contribution >= 4 is 34.8 Å². The molecule has 0 aliphatic heterocycles. The largest absolute Gasteiger partial charge is 0.401 e. The van der Waals surface area contributed by atoms with Gasteiger partial charge in [-0.05, 0) is 12.1 Å². The summed E-state index contributed by atoms with van der Waals surface area (Å²) < 4.78 is 37.1. The topological polar surface area (TPSA) is 3.24 Å². The average molecular weight is 321 g/mol. The zero-order valence-corrected chi connectivity index (χ0v) is 11.5. The zero-order valence-electron chi connectivity index (χ0n) is 9.28. The Morgan fingerprint density at radius 3 is 2.11 bits per heavy atom. The summed E-state index contributed by atoms with van der Waals surface area (Å²) in [6.45, 7) is -0.908. The van der Waals surface area contributed by atoms with Gasteiger partial charge in [0.15, 0.2) is 0 Å². The van der Waals surface area contributed by atoms with Crippen LogP contribution in [0.1, 0.15) is 5.56 Å². The van der Waals surface area contributed by atoms with Crippen LogP contribution in [0.5, 0.6) is 0 Å². The number of hydrogen-bond acceptors (Lipinski definition) is 1. The summed E-state index contributed by atoms with van der Waals surface area (Å²) in [6.07, 6.45) is -4.28. The molecular formula is C11H11Cl3F3N. The van der Waals surface area contributed by atoms with Crippen molar-refractivity contribution in [1.82, 2.24) is 4.90 Å². The van der Waals surface area contributed by atoms with Crippen LogP contribution >= 0.6 is 34.8 Å². The molecule has 0 radical (unpaired) electrons. The van der Waals surface area contributed by atoms with E-state index in [-0.39, 0.29) is 19.0 Å². The molecule has 1 nitrogen and oxygen atoms in total. The highest BCUT2D eigenvalue weighted by atomic mass is 35.5. The Morgan fingerprint density at radius 2 is 1.67 bits per heavy atom. The van der Waals surface area contributed by atoms with E-state index < -0.39 is 12.7 Å². The van der Waals surface area contributed by atoms with E-state index >= 15 is 0 Å². The summed E-state index contributed by atoms with van der Waals surface area (Å²) in [7, 11) is 0. The fourth-order valence-electron chi connectivity index (χ4n) is 1.49. The average Bonchev–Trinajstić information content (AvgIpc) is 2.21. The molecule has 0 spiro atoms. The first kappa shape index (κ1) is 15.9. The van der Waals surface area contributed by atoms with Gasteiger partial charge in [-0.15, -0.1) is 11.6 Å². The van der Waals surface area contributed by atoms with E-state index in [0.29, 0.717) is 15.6 Å². The van der Waals surface area contributed by atoms with Gasteiger partial charge in [0.05, 0.1) is 6.54 Å². The summed E-state index contributed by atoms with van der Waals surface area (Å²) in [5.74, 6) is 0.109. The summed E-state index contributed by atoms with van der Waals surface area (Å²) in [5.41, 5.74) is 0.482. The first-order valence-corrected chi connectivity index (χ1v) is 6.40. The van der Waals surface area contributed by atoms with Crippen LogP contribution in [0.2, 0.25) is 10.0 Å². The second-order valence-electron chi connectivity index (χ2n) is 3.72. The van der Waals surface area contributed by atoms with Crippen molar-refractivity contribution in [2.75, 3.05) is 19.0 Å². The molecule has 1 rings (SSSR count). The lowest BCUT2D eigenvalue weighted by Gasteiger charge is -2.23. The normalized spacial score (nSPS) is 12.2. The smallest absolute Gasteiger partial charge is 0.289 e. The van der Waals surface area contributed by atoms with E-state index in [2.05, 4.69) is 0 Å². The van der Waals surface area contributed by atoms with Crippen molar-refractivity contribution in [2.45, 2.75) is 12.7 Å². The maximum absolute atomic E-state index is 12.4. The van der Waals surface area contributed by atoms with E-state index in [1.165, 1.54) is 4.90 Å². The monoisotopic (exact) mass is 319 g/mol. The molecule has 0 N–H and O–H groups in total. The molecule has 0 aliphatic carbocycles. The van der Waals surface area contributed by atoms with Gasteiger partial charge in [-0.3, -0.25) is 4.90 Å². The summed E-state index contributed by atoms with van der Waals surface area (Å²) >= 11 is 17.3. The number of alkyl halides is 4. The van der Waals surface area contributed by atoms with Crippen LogP contribution in [0.3, 0.4) is 0 Å². The quantitative estimate of drug-likeness (QED) is 0.717. The fraction of sp³-hybridized carbons (Fsp3) is 0.455. The molecule has 18 heavy (non-hydrogen) atoms. The van der Waals surface area contributed by atoms with Gasteiger partial charge in [0.1, 0.15) is 0 Å². The third kappa shape index (κ3) is 5.22. The fourth-order valence-corrected chi connectivity index (χ4v) is 2.25. The second kappa shape index (κ2) is 6.85. The molecule has 1 aromatic rings. The minimum Gasteiger partial charge on any atom is -0.289 e. The van der Waals surface area contributed by atoms with Gasteiger partial charge in [0, 0.05) is 34.6 Å². The zero-order chi connectivity index (χ0) is 13.8. The van der Waals surface area contributed by atoms with Gasteiger partial charge in [0.2, 0.25) is 0 Å². The summed E-state index contributed by atoms with van der Waals surface area (Å²) in [5, 5.41) is 0.702. The molecule has 102 valence electrons. The molecule has 0 heterocycles. The van der Waals surface area contributed by atoms with Gasteiger partial charge in [-0.1, -0.05) is 29.3 Å². The third-order valence-corrected chi connectivity index (χ3v) is 3.12.